The molecule has 2 aromatic carbocycles. The fraction of sp³-hybridized carbons (Fsp3) is 0.269. The second-order valence-electron chi connectivity index (χ2n) is 9.43. The molecule has 5 aromatic rings. The minimum absolute atomic E-state index is 0.0273. The third-order valence-electron chi connectivity index (χ3n) is 6.08. The van der Waals surface area contributed by atoms with Gasteiger partial charge in [0, 0.05) is 12.6 Å². The van der Waals surface area contributed by atoms with Crippen molar-refractivity contribution in [2.45, 2.75) is 25.6 Å². The number of fused-ring (bicyclic) bond motifs is 2. The van der Waals surface area contributed by atoms with Crippen molar-refractivity contribution in [3.63, 3.8) is 0 Å². The summed E-state index contributed by atoms with van der Waals surface area (Å²) in [5.74, 6) is 0.701. The van der Waals surface area contributed by atoms with Crippen molar-refractivity contribution in [2.24, 2.45) is 7.05 Å². The number of aromatic nitrogens is 6. The summed E-state index contributed by atoms with van der Waals surface area (Å²) in [6, 6.07) is 11.7. The molecule has 0 fully saturated rings. The first kappa shape index (κ1) is 26.1. The van der Waals surface area contributed by atoms with Crippen LogP contribution in [0.25, 0.3) is 39.1 Å². The Kier molecular flexibility index (Phi) is 6.25. The predicted octanol–water partition coefficient (Wildman–Crippen LogP) is 3.94. The van der Waals surface area contributed by atoms with Crippen LogP contribution < -0.4 is 15.6 Å². The van der Waals surface area contributed by atoms with E-state index in [0.717, 1.165) is 0 Å². The van der Waals surface area contributed by atoms with E-state index in [2.05, 4.69) is 25.3 Å². The van der Waals surface area contributed by atoms with Gasteiger partial charge in [-0.25, -0.2) is 15.0 Å². The molecule has 5 rings (SSSR count). The van der Waals surface area contributed by atoms with E-state index in [0.29, 0.717) is 33.9 Å². The minimum Gasteiger partial charge on any atom is -0.497 e. The molecule has 202 valence electrons. The van der Waals surface area contributed by atoms with Crippen LogP contribution >= 0.6 is 0 Å². The molecule has 0 radical (unpaired) electrons. The van der Waals surface area contributed by atoms with E-state index < -0.39 is 23.9 Å². The van der Waals surface area contributed by atoms with E-state index in [4.69, 9.17) is 4.74 Å². The molecule has 0 amide bonds. The summed E-state index contributed by atoms with van der Waals surface area (Å²) in [4.78, 5) is 31.1. The predicted molar refractivity (Wildman–Crippen MR) is 139 cm³/mol. The van der Waals surface area contributed by atoms with Crippen LogP contribution in [0.2, 0.25) is 0 Å². The monoisotopic (exact) mass is 539 g/mol. The van der Waals surface area contributed by atoms with Gasteiger partial charge in [-0.15, -0.1) is 0 Å². The SMILES string of the molecule is COc1ccc(-n2c(=O)c(-c3ccc4nc(C(C)(C)O)n(C)c4c3)nc3cnc(NCC(F)(F)F)nc32)cc1. The standard InChI is InChI=1S/C26H24F3N7O3/c1-25(2,38)23-33-17-10-5-14(11-19(17)35(23)3)20-22(37)36(15-6-8-16(39-4)9-7-15)21-18(32-20)12-30-24(34-21)31-13-26(27,28)29/h5-12,38H,13H2,1-4H3,(H,30,31,34). The Morgan fingerprint density at radius 2 is 1.74 bits per heavy atom. The maximum Gasteiger partial charge on any atom is 0.405 e. The Morgan fingerprint density at radius 3 is 2.38 bits per heavy atom. The number of aryl methyl sites for hydroxylation is 1. The number of nitrogens with zero attached hydrogens (tertiary/aromatic N) is 6. The number of nitrogens with one attached hydrogen (secondary N) is 1. The van der Waals surface area contributed by atoms with Gasteiger partial charge in [-0.1, -0.05) is 6.07 Å². The van der Waals surface area contributed by atoms with E-state index in [1.807, 2.05) is 0 Å². The molecule has 13 heteroatoms. The summed E-state index contributed by atoms with van der Waals surface area (Å²) < 4.78 is 46.5. The summed E-state index contributed by atoms with van der Waals surface area (Å²) in [6.07, 6.45) is -3.22. The molecular weight excluding hydrogens is 515 g/mol. The smallest absolute Gasteiger partial charge is 0.405 e. The second-order valence-corrected chi connectivity index (χ2v) is 9.43. The maximum atomic E-state index is 13.9. The average molecular weight is 540 g/mol. The van der Waals surface area contributed by atoms with Crippen LogP contribution in [-0.2, 0) is 12.6 Å². The summed E-state index contributed by atoms with van der Waals surface area (Å²) in [5, 5.41) is 12.6. The quantitative estimate of drug-likeness (QED) is 0.333. The number of hydrogen-bond donors (Lipinski definition) is 2. The van der Waals surface area contributed by atoms with Gasteiger partial charge in [0.15, 0.2) is 5.65 Å². The minimum atomic E-state index is -4.48. The van der Waals surface area contributed by atoms with Gasteiger partial charge in [0.25, 0.3) is 5.56 Å². The molecule has 0 spiro atoms. The fourth-order valence-corrected chi connectivity index (χ4v) is 4.29. The molecule has 10 nitrogen and oxygen atoms in total. The topological polar surface area (TPSA) is 120 Å². The third-order valence-corrected chi connectivity index (χ3v) is 6.08. The Balaban J connectivity index is 1.73. The number of halogens is 3. The van der Waals surface area contributed by atoms with Crippen molar-refractivity contribution < 1.29 is 23.0 Å². The van der Waals surface area contributed by atoms with E-state index in [1.165, 1.54) is 17.9 Å². The van der Waals surface area contributed by atoms with Crippen LogP contribution in [0, 0.1) is 0 Å². The Hall–Kier alpha value is -4.52. The zero-order chi connectivity index (χ0) is 28.1. The molecule has 0 aliphatic heterocycles. The summed E-state index contributed by atoms with van der Waals surface area (Å²) in [6.45, 7) is 1.92. The number of rotatable bonds is 6. The summed E-state index contributed by atoms with van der Waals surface area (Å²) in [5.41, 5.74) is 0.735. The van der Waals surface area contributed by atoms with Crippen molar-refractivity contribution in [1.29, 1.82) is 0 Å². The average Bonchev–Trinajstić information content (AvgIpc) is 3.23. The van der Waals surface area contributed by atoms with Crippen molar-refractivity contribution >= 4 is 28.1 Å². The molecule has 0 saturated carbocycles. The Bertz CT molecular complexity index is 1750. The molecule has 39 heavy (non-hydrogen) atoms. The van der Waals surface area contributed by atoms with Crippen molar-refractivity contribution in [3.05, 3.63) is 64.8 Å². The number of ether oxygens (including phenoxy) is 1. The Labute approximate surface area is 219 Å². The molecule has 3 aromatic heterocycles. The van der Waals surface area contributed by atoms with E-state index in [1.54, 1.807) is 67.9 Å². The number of benzene rings is 2. The van der Waals surface area contributed by atoms with Crippen molar-refractivity contribution in [1.82, 2.24) is 29.1 Å². The first-order chi connectivity index (χ1) is 18.4. The lowest BCUT2D eigenvalue weighted by molar-refractivity contribution is -0.115. The van der Waals surface area contributed by atoms with E-state index in [-0.39, 0.29) is 22.8 Å². The van der Waals surface area contributed by atoms with E-state index in [9.17, 15) is 23.1 Å². The van der Waals surface area contributed by atoms with Crippen LogP contribution in [0.3, 0.4) is 0 Å². The molecule has 3 heterocycles. The van der Waals surface area contributed by atoms with Crippen LogP contribution in [0.15, 0.2) is 53.5 Å². The zero-order valence-electron chi connectivity index (χ0n) is 21.4. The fourth-order valence-electron chi connectivity index (χ4n) is 4.29. The first-order valence-electron chi connectivity index (χ1n) is 11.8. The van der Waals surface area contributed by atoms with Crippen molar-refractivity contribution in [2.75, 3.05) is 19.0 Å². The van der Waals surface area contributed by atoms with E-state index >= 15 is 0 Å². The van der Waals surface area contributed by atoms with Crippen LogP contribution in [0.1, 0.15) is 19.7 Å². The molecule has 0 atom stereocenters. The molecule has 0 bridgehead atoms. The van der Waals surface area contributed by atoms with Gasteiger partial charge in [-0.2, -0.15) is 18.2 Å². The molecule has 0 unspecified atom stereocenters. The highest BCUT2D eigenvalue weighted by Gasteiger charge is 2.28. The summed E-state index contributed by atoms with van der Waals surface area (Å²) in [7, 11) is 3.27. The molecule has 0 saturated heterocycles. The van der Waals surface area contributed by atoms with Crippen LogP contribution in [-0.4, -0.2) is 54.0 Å². The summed E-state index contributed by atoms with van der Waals surface area (Å²) >= 11 is 0. The van der Waals surface area contributed by atoms with Gasteiger partial charge < -0.3 is 19.7 Å². The highest BCUT2D eigenvalue weighted by molar-refractivity contribution is 5.83. The third kappa shape index (κ3) is 5.00. The van der Waals surface area contributed by atoms with Crippen LogP contribution in [0.5, 0.6) is 5.75 Å². The highest BCUT2D eigenvalue weighted by atomic mass is 19.4. The van der Waals surface area contributed by atoms with Gasteiger partial charge in [0.05, 0.1) is 30.0 Å². The largest absolute Gasteiger partial charge is 0.497 e. The molecular formula is C26H24F3N7O3. The molecule has 0 aliphatic rings. The number of aliphatic hydroxyl groups is 1. The lowest BCUT2D eigenvalue weighted by Crippen LogP contribution is -2.25. The van der Waals surface area contributed by atoms with Crippen molar-refractivity contribution in [3.8, 4) is 22.7 Å². The Morgan fingerprint density at radius 1 is 1.03 bits per heavy atom. The van der Waals surface area contributed by atoms with Gasteiger partial charge in [0.2, 0.25) is 5.95 Å². The number of methoxy groups -OCH3 is 1. The maximum absolute atomic E-state index is 13.9. The second kappa shape index (κ2) is 9.34. The number of imidazole rings is 1. The first-order valence-corrected chi connectivity index (χ1v) is 11.8. The van der Waals surface area contributed by atoms with Gasteiger partial charge in [0.1, 0.15) is 34.9 Å². The molecule has 0 aliphatic carbocycles. The lowest BCUT2D eigenvalue weighted by atomic mass is 10.1. The highest BCUT2D eigenvalue weighted by Crippen LogP contribution is 2.28. The van der Waals surface area contributed by atoms with Gasteiger partial charge >= 0.3 is 6.18 Å². The normalized spacial score (nSPS) is 12.3. The molecule has 2 N–H and O–H groups in total. The zero-order valence-corrected chi connectivity index (χ0v) is 21.4. The van der Waals surface area contributed by atoms with Gasteiger partial charge in [-0.05, 0) is 50.2 Å². The van der Waals surface area contributed by atoms with Gasteiger partial charge in [-0.3, -0.25) is 9.36 Å². The number of hydrogen-bond acceptors (Lipinski definition) is 8. The number of alkyl halides is 3. The number of anilines is 1. The lowest BCUT2D eigenvalue weighted by Gasteiger charge is -2.16. The van der Waals surface area contributed by atoms with Crippen LogP contribution in [0.4, 0.5) is 19.1 Å².